The number of fused-ring (bicyclic) bond motifs is 1. The number of piperazine rings is 1. The second-order valence-electron chi connectivity index (χ2n) is 6.18. The van der Waals surface area contributed by atoms with E-state index in [4.69, 9.17) is 29.3 Å². The summed E-state index contributed by atoms with van der Waals surface area (Å²) in [5.41, 5.74) is 0.741. The highest BCUT2D eigenvalue weighted by Gasteiger charge is 2.24. The van der Waals surface area contributed by atoms with Gasteiger partial charge < -0.3 is 29.9 Å². The molecule has 1 aromatic carbocycles. The fourth-order valence-corrected chi connectivity index (χ4v) is 2.60. The van der Waals surface area contributed by atoms with Crippen LogP contribution in [0.4, 0.5) is 5.69 Å². The quantitative estimate of drug-likeness (QED) is 0.626. The third-order valence-electron chi connectivity index (χ3n) is 4.29. The molecule has 2 aliphatic heterocycles. The first kappa shape index (κ1) is 20.5. The summed E-state index contributed by atoms with van der Waals surface area (Å²) in [7, 11) is 2.11. The minimum Gasteiger partial charge on any atom is -0.473 e. The molecule has 0 radical (unpaired) electrons. The van der Waals surface area contributed by atoms with Crippen LogP contribution in [0.15, 0.2) is 18.2 Å². The van der Waals surface area contributed by atoms with Crippen molar-refractivity contribution in [3.63, 3.8) is 0 Å². The number of anilines is 1. The monoisotopic (exact) mass is 381 g/mol. The van der Waals surface area contributed by atoms with Crippen molar-refractivity contribution >= 4 is 23.5 Å². The van der Waals surface area contributed by atoms with E-state index in [1.54, 1.807) is 6.07 Å². The first-order valence-electron chi connectivity index (χ1n) is 8.37. The summed E-state index contributed by atoms with van der Waals surface area (Å²) < 4.78 is 10.6. The number of carbonyl (C=O) groups excluding carboxylic acids is 1. The number of carboxylic acid groups (broad SMARTS) is 2. The Labute approximate surface area is 156 Å². The molecule has 0 aromatic heterocycles. The number of hydrogen-bond donors (Lipinski definition) is 3. The molecule has 148 valence electrons. The Balaban J connectivity index is 0.000000380. The van der Waals surface area contributed by atoms with Gasteiger partial charge in [-0.2, -0.15) is 0 Å². The van der Waals surface area contributed by atoms with Crippen molar-refractivity contribution in [2.75, 3.05) is 45.3 Å². The lowest BCUT2D eigenvalue weighted by Crippen LogP contribution is -2.51. The number of nitrogens with one attached hydrogen (secondary N) is 1. The molecule has 1 fully saturated rings. The largest absolute Gasteiger partial charge is 0.473 e. The van der Waals surface area contributed by atoms with Gasteiger partial charge in [-0.15, -0.1) is 0 Å². The van der Waals surface area contributed by atoms with Gasteiger partial charge >= 0.3 is 11.9 Å². The van der Waals surface area contributed by atoms with Crippen LogP contribution < -0.4 is 14.8 Å². The van der Waals surface area contributed by atoms with Crippen molar-refractivity contribution in [2.24, 2.45) is 0 Å². The van der Waals surface area contributed by atoms with Crippen LogP contribution in [0.1, 0.15) is 6.92 Å². The van der Waals surface area contributed by atoms with E-state index in [9.17, 15) is 4.79 Å². The molecule has 1 unspecified atom stereocenters. The molecule has 3 N–H and O–H groups in total. The van der Waals surface area contributed by atoms with Gasteiger partial charge in [0.2, 0.25) is 12.7 Å². The van der Waals surface area contributed by atoms with Crippen LogP contribution in [0.3, 0.4) is 0 Å². The Hall–Kier alpha value is -2.85. The highest BCUT2D eigenvalue weighted by Crippen LogP contribution is 2.34. The SMILES string of the molecule is CC(C(=O)Nc1ccc2c(c1)OCO2)N1CCN(C)CC1.O=C(O)C(=O)O. The molecule has 0 saturated carbocycles. The third-order valence-corrected chi connectivity index (χ3v) is 4.29. The van der Waals surface area contributed by atoms with E-state index in [1.807, 2.05) is 19.1 Å². The van der Waals surface area contributed by atoms with E-state index in [-0.39, 0.29) is 18.7 Å². The molecule has 27 heavy (non-hydrogen) atoms. The average molecular weight is 381 g/mol. The average Bonchev–Trinajstić information content (AvgIpc) is 3.10. The number of nitrogens with zero attached hydrogens (tertiary/aromatic N) is 2. The van der Waals surface area contributed by atoms with Crippen LogP contribution in [0, 0.1) is 0 Å². The molecule has 1 atom stereocenters. The highest BCUT2D eigenvalue weighted by atomic mass is 16.7. The van der Waals surface area contributed by atoms with Crippen LogP contribution in [0.5, 0.6) is 11.5 Å². The standard InChI is InChI=1S/C15H21N3O3.C2H2O4/c1-11(18-7-5-17(2)6-8-18)15(19)16-12-3-4-13-14(9-12)21-10-20-13;3-1(4)2(5)6/h3-4,9,11H,5-8,10H2,1-2H3,(H,16,19);(H,3,4)(H,5,6). The van der Waals surface area contributed by atoms with Crippen molar-refractivity contribution in [2.45, 2.75) is 13.0 Å². The number of benzene rings is 1. The Kier molecular flexibility index (Phi) is 6.97. The van der Waals surface area contributed by atoms with Crippen molar-refractivity contribution in [1.82, 2.24) is 9.80 Å². The molecule has 2 aliphatic rings. The maximum absolute atomic E-state index is 12.4. The smallest absolute Gasteiger partial charge is 0.414 e. The van der Waals surface area contributed by atoms with Crippen LogP contribution >= 0.6 is 0 Å². The fourth-order valence-electron chi connectivity index (χ4n) is 2.60. The topological polar surface area (TPSA) is 129 Å². The number of rotatable bonds is 3. The summed E-state index contributed by atoms with van der Waals surface area (Å²) in [5, 5.41) is 17.7. The molecule has 1 aromatic rings. The summed E-state index contributed by atoms with van der Waals surface area (Å²) >= 11 is 0. The zero-order chi connectivity index (χ0) is 20.0. The van der Waals surface area contributed by atoms with Gasteiger partial charge in [-0.3, -0.25) is 9.69 Å². The number of hydrogen-bond acceptors (Lipinski definition) is 7. The zero-order valence-electron chi connectivity index (χ0n) is 15.2. The Morgan fingerprint density at radius 1 is 1.04 bits per heavy atom. The van der Waals surface area contributed by atoms with Crippen LogP contribution in [-0.4, -0.2) is 83.9 Å². The molecule has 1 saturated heterocycles. The molecule has 2 heterocycles. The second-order valence-corrected chi connectivity index (χ2v) is 6.18. The van der Waals surface area contributed by atoms with Gasteiger partial charge in [0.25, 0.3) is 0 Å². The number of aliphatic carboxylic acids is 2. The summed E-state index contributed by atoms with van der Waals surface area (Å²) in [6, 6.07) is 5.32. The van der Waals surface area contributed by atoms with Crippen LogP contribution in [-0.2, 0) is 14.4 Å². The number of carbonyl (C=O) groups is 3. The second kappa shape index (κ2) is 9.19. The first-order valence-corrected chi connectivity index (χ1v) is 8.37. The Morgan fingerprint density at radius 2 is 1.63 bits per heavy atom. The lowest BCUT2D eigenvalue weighted by Gasteiger charge is -2.35. The molecule has 10 nitrogen and oxygen atoms in total. The zero-order valence-corrected chi connectivity index (χ0v) is 15.2. The van der Waals surface area contributed by atoms with Gasteiger partial charge in [0, 0.05) is 37.9 Å². The normalized spacial score (nSPS) is 17.4. The van der Waals surface area contributed by atoms with E-state index < -0.39 is 11.9 Å². The number of likely N-dealkylation sites (N-methyl/N-ethyl adjacent to an activating group) is 1. The molecular weight excluding hydrogens is 358 g/mol. The van der Waals surface area contributed by atoms with Crippen molar-refractivity contribution in [3.8, 4) is 11.5 Å². The molecule has 0 bridgehead atoms. The molecule has 0 spiro atoms. The lowest BCUT2D eigenvalue weighted by atomic mass is 10.2. The van der Waals surface area contributed by atoms with Gasteiger partial charge in [-0.1, -0.05) is 0 Å². The van der Waals surface area contributed by atoms with E-state index in [0.717, 1.165) is 37.6 Å². The molecule has 10 heteroatoms. The molecular formula is C17H23N3O7. The van der Waals surface area contributed by atoms with Crippen LogP contribution in [0.2, 0.25) is 0 Å². The maximum atomic E-state index is 12.4. The molecule has 0 aliphatic carbocycles. The number of ether oxygens (including phenoxy) is 2. The van der Waals surface area contributed by atoms with Gasteiger partial charge in [-0.25, -0.2) is 9.59 Å². The minimum atomic E-state index is -1.82. The fraction of sp³-hybridized carbons (Fsp3) is 0.471. The maximum Gasteiger partial charge on any atom is 0.414 e. The van der Waals surface area contributed by atoms with E-state index >= 15 is 0 Å². The van der Waals surface area contributed by atoms with Gasteiger partial charge in [0.15, 0.2) is 11.5 Å². The third kappa shape index (κ3) is 5.83. The predicted molar refractivity (Wildman–Crippen MR) is 95.0 cm³/mol. The van der Waals surface area contributed by atoms with E-state index in [1.165, 1.54) is 0 Å². The van der Waals surface area contributed by atoms with Gasteiger partial charge in [0.1, 0.15) is 0 Å². The Bertz CT molecular complexity index is 690. The van der Waals surface area contributed by atoms with Crippen molar-refractivity contribution in [3.05, 3.63) is 18.2 Å². The Morgan fingerprint density at radius 3 is 2.22 bits per heavy atom. The van der Waals surface area contributed by atoms with Gasteiger partial charge in [-0.05, 0) is 26.1 Å². The lowest BCUT2D eigenvalue weighted by molar-refractivity contribution is -0.159. The van der Waals surface area contributed by atoms with E-state index in [0.29, 0.717) is 5.75 Å². The summed E-state index contributed by atoms with van der Waals surface area (Å²) in [6.07, 6.45) is 0. The highest BCUT2D eigenvalue weighted by molar-refractivity contribution is 6.27. The summed E-state index contributed by atoms with van der Waals surface area (Å²) in [5.74, 6) is -2.23. The van der Waals surface area contributed by atoms with Crippen LogP contribution in [0.25, 0.3) is 0 Å². The number of carboxylic acids is 2. The predicted octanol–water partition coefficient (Wildman–Crippen LogP) is 0.145. The minimum absolute atomic E-state index is 0.0124. The van der Waals surface area contributed by atoms with Crippen molar-refractivity contribution < 1.29 is 34.1 Å². The summed E-state index contributed by atoms with van der Waals surface area (Å²) in [4.78, 5) is 35.0. The number of amides is 1. The molecule has 3 rings (SSSR count). The first-order chi connectivity index (χ1) is 12.8. The van der Waals surface area contributed by atoms with Gasteiger partial charge in [0.05, 0.1) is 6.04 Å². The van der Waals surface area contributed by atoms with E-state index in [2.05, 4.69) is 22.2 Å². The molecule has 1 amide bonds. The summed E-state index contributed by atoms with van der Waals surface area (Å²) in [6.45, 7) is 6.04. The van der Waals surface area contributed by atoms with Crippen molar-refractivity contribution in [1.29, 1.82) is 0 Å².